The molecule has 0 amide bonds. The van der Waals surface area contributed by atoms with Crippen LogP contribution in [0.25, 0.3) is 0 Å². The van der Waals surface area contributed by atoms with Crippen LogP contribution in [0.4, 0.5) is 0 Å². The maximum absolute atomic E-state index is 10.1. The highest BCUT2D eigenvalue weighted by molar-refractivity contribution is 5.25. The molecule has 3 aliphatic carbocycles. The van der Waals surface area contributed by atoms with E-state index in [0.29, 0.717) is 11.0 Å². The van der Waals surface area contributed by atoms with Gasteiger partial charge in [0.15, 0.2) is 0 Å². The van der Waals surface area contributed by atoms with Gasteiger partial charge < -0.3 is 10.0 Å². The largest absolute Gasteiger partial charge is 0.393 e. The quantitative estimate of drug-likeness (QED) is 0.684. The molecule has 124 valence electrons. The zero-order chi connectivity index (χ0) is 15.5. The Morgan fingerprint density at radius 3 is 2.77 bits per heavy atom. The van der Waals surface area contributed by atoms with Crippen LogP contribution in [0.2, 0.25) is 0 Å². The van der Waals surface area contributed by atoms with E-state index in [1.807, 2.05) is 0 Å². The van der Waals surface area contributed by atoms with Crippen LogP contribution in [-0.2, 0) is 0 Å². The third kappa shape index (κ3) is 1.99. The lowest BCUT2D eigenvalue weighted by Crippen LogP contribution is -2.61. The van der Waals surface area contributed by atoms with Crippen molar-refractivity contribution in [2.24, 2.45) is 23.2 Å². The number of aliphatic hydroxyl groups is 1. The first-order valence-electron chi connectivity index (χ1n) is 9.54. The molecular formula is C20H33NO. The summed E-state index contributed by atoms with van der Waals surface area (Å²) in [6.07, 6.45) is 12.5. The molecule has 6 atom stereocenters. The van der Waals surface area contributed by atoms with Gasteiger partial charge >= 0.3 is 0 Å². The lowest BCUT2D eigenvalue weighted by atomic mass is 9.48. The SMILES string of the molecule is CN1CCCC2C3CC=C4CC(O)CCC4(C)C3CCC21C. The van der Waals surface area contributed by atoms with Gasteiger partial charge in [-0.15, -0.1) is 0 Å². The molecule has 0 spiro atoms. The van der Waals surface area contributed by atoms with Crippen molar-refractivity contribution in [3.63, 3.8) is 0 Å². The van der Waals surface area contributed by atoms with E-state index in [1.165, 1.54) is 45.1 Å². The molecule has 0 aromatic heterocycles. The molecule has 6 unspecified atom stereocenters. The summed E-state index contributed by atoms with van der Waals surface area (Å²) in [5, 5.41) is 10.1. The Labute approximate surface area is 136 Å². The molecule has 1 N–H and O–H groups in total. The van der Waals surface area contributed by atoms with Crippen molar-refractivity contribution in [1.82, 2.24) is 4.90 Å². The minimum Gasteiger partial charge on any atom is -0.393 e. The second-order valence-corrected chi connectivity index (χ2v) is 9.12. The Morgan fingerprint density at radius 1 is 1.14 bits per heavy atom. The summed E-state index contributed by atoms with van der Waals surface area (Å²) in [7, 11) is 2.36. The summed E-state index contributed by atoms with van der Waals surface area (Å²) in [4.78, 5) is 2.67. The fourth-order valence-electron chi connectivity index (χ4n) is 6.75. The van der Waals surface area contributed by atoms with E-state index in [2.05, 4.69) is 31.9 Å². The van der Waals surface area contributed by atoms with Crippen LogP contribution in [0.15, 0.2) is 11.6 Å². The van der Waals surface area contributed by atoms with Crippen molar-refractivity contribution < 1.29 is 5.11 Å². The highest BCUT2D eigenvalue weighted by atomic mass is 16.3. The predicted octanol–water partition coefficient (Wildman–Crippen LogP) is 3.99. The van der Waals surface area contributed by atoms with E-state index in [-0.39, 0.29) is 6.10 Å². The molecule has 22 heavy (non-hydrogen) atoms. The molecule has 0 bridgehead atoms. The molecule has 2 heteroatoms. The van der Waals surface area contributed by atoms with Crippen molar-refractivity contribution >= 4 is 0 Å². The van der Waals surface area contributed by atoms with Crippen LogP contribution in [-0.4, -0.2) is 35.2 Å². The van der Waals surface area contributed by atoms with Crippen molar-refractivity contribution in [2.75, 3.05) is 13.6 Å². The minimum atomic E-state index is -0.0782. The number of likely N-dealkylation sites (tertiary alicyclic amines) is 1. The molecule has 1 aliphatic heterocycles. The smallest absolute Gasteiger partial charge is 0.0577 e. The average Bonchev–Trinajstić information content (AvgIpc) is 2.49. The Hall–Kier alpha value is -0.340. The Morgan fingerprint density at radius 2 is 1.95 bits per heavy atom. The van der Waals surface area contributed by atoms with E-state index in [1.54, 1.807) is 5.57 Å². The Balaban J connectivity index is 1.67. The first kappa shape index (κ1) is 15.2. The molecule has 0 aromatic carbocycles. The van der Waals surface area contributed by atoms with Crippen LogP contribution in [0.1, 0.15) is 65.2 Å². The molecule has 2 saturated carbocycles. The second-order valence-electron chi connectivity index (χ2n) is 9.12. The van der Waals surface area contributed by atoms with Crippen molar-refractivity contribution in [3.05, 3.63) is 11.6 Å². The van der Waals surface area contributed by atoms with E-state index in [9.17, 15) is 5.11 Å². The van der Waals surface area contributed by atoms with Crippen LogP contribution >= 0.6 is 0 Å². The van der Waals surface area contributed by atoms with Gasteiger partial charge in [-0.2, -0.15) is 0 Å². The van der Waals surface area contributed by atoms with Gasteiger partial charge in [0.05, 0.1) is 6.10 Å². The number of hydrogen-bond acceptors (Lipinski definition) is 2. The van der Waals surface area contributed by atoms with Crippen LogP contribution in [0, 0.1) is 23.2 Å². The Kier molecular flexibility index (Phi) is 3.51. The number of fused-ring (bicyclic) bond motifs is 5. The number of rotatable bonds is 0. The number of piperidine rings is 1. The van der Waals surface area contributed by atoms with Crippen LogP contribution in [0.3, 0.4) is 0 Å². The third-order valence-electron chi connectivity index (χ3n) is 8.32. The van der Waals surface area contributed by atoms with E-state index >= 15 is 0 Å². The highest BCUT2D eigenvalue weighted by Gasteiger charge is 2.56. The van der Waals surface area contributed by atoms with Gasteiger partial charge in [-0.05, 0) is 95.1 Å². The summed E-state index contributed by atoms with van der Waals surface area (Å²) < 4.78 is 0. The van der Waals surface area contributed by atoms with Gasteiger partial charge in [-0.1, -0.05) is 18.6 Å². The maximum atomic E-state index is 10.1. The standard InChI is InChI=1S/C20H33NO/c1-19-10-8-15(22)13-14(19)6-7-16-17(19)9-11-20(2)18(16)5-4-12-21(20)3/h6,15-18,22H,4-5,7-13H2,1-3H3. The monoisotopic (exact) mass is 303 g/mol. The summed E-state index contributed by atoms with van der Waals surface area (Å²) in [6.45, 7) is 6.35. The van der Waals surface area contributed by atoms with Gasteiger partial charge in [-0.25, -0.2) is 0 Å². The zero-order valence-electron chi connectivity index (χ0n) is 14.6. The fraction of sp³-hybridized carbons (Fsp3) is 0.900. The maximum Gasteiger partial charge on any atom is 0.0577 e. The Bertz CT molecular complexity index is 486. The van der Waals surface area contributed by atoms with Crippen LogP contribution in [0.5, 0.6) is 0 Å². The lowest BCUT2D eigenvalue weighted by molar-refractivity contribution is -0.0910. The molecular weight excluding hydrogens is 270 g/mol. The minimum absolute atomic E-state index is 0.0782. The summed E-state index contributed by atoms with van der Waals surface area (Å²) in [5.74, 6) is 2.63. The van der Waals surface area contributed by atoms with Gasteiger partial charge in [0.25, 0.3) is 0 Å². The number of nitrogens with zero attached hydrogens (tertiary/aromatic N) is 1. The molecule has 1 saturated heterocycles. The number of allylic oxidation sites excluding steroid dienone is 1. The number of aliphatic hydroxyl groups excluding tert-OH is 1. The molecule has 2 nitrogen and oxygen atoms in total. The molecule has 0 radical (unpaired) electrons. The van der Waals surface area contributed by atoms with Crippen molar-refractivity contribution in [3.8, 4) is 0 Å². The molecule has 3 fully saturated rings. The summed E-state index contributed by atoms with van der Waals surface area (Å²) in [5.41, 5.74) is 2.43. The van der Waals surface area contributed by atoms with Crippen LogP contribution < -0.4 is 0 Å². The summed E-state index contributed by atoms with van der Waals surface area (Å²) in [6, 6.07) is 0. The third-order valence-corrected chi connectivity index (χ3v) is 8.32. The molecule has 4 aliphatic rings. The number of hydrogen-bond donors (Lipinski definition) is 1. The van der Waals surface area contributed by atoms with Gasteiger partial charge in [-0.3, -0.25) is 0 Å². The summed E-state index contributed by atoms with van der Waals surface area (Å²) >= 11 is 0. The average molecular weight is 303 g/mol. The lowest BCUT2D eigenvalue weighted by Gasteiger charge is -2.62. The van der Waals surface area contributed by atoms with E-state index < -0.39 is 0 Å². The normalized spacial score (nSPS) is 52.3. The molecule has 1 heterocycles. The fourth-order valence-corrected chi connectivity index (χ4v) is 6.75. The van der Waals surface area contributed by atoms with E-state index in [4.69, 9.17) is 0 Å². The van der Waals surface area contributed by atoms with E-state index in [0.717, 1.165) is 30.6 Å². The van der Waals surface area contributed by atoms with Gasteiger partial charge in [0.1, 0.15) is 0 Å². The predicted molar refractivity (Wildman–Crippen MR) is 90.6 cm³/mol. The first-order chi connectivity index (χ1) is 10.4. The molecule has 0 aromatic rings. The first-order valence-corrected chi connectivity index (χ1v) is 9.54. The topological polar surface area (TPSA) is 23.5 Å². The van der Waals surface area contributed by atoms with Gasteiger partial charge in [0, 0.05) is 5.54 Å². The van der Waals surface area contributed by atoms with Crippen molar-refractivity contribution in [2.45, 2.75) is 76.9 Å². The van der Waals surface area contributed by atoms with Crippen molar-refractivity contribution in [1.29, 1.82) is 0 Å². The zero-order valence-corrected chi connectivity index (χ0v) is 14.6. The highest BCUT2D eigenvalue weighted by Crippen LogP contribution is 2.61. The second kappa shape index (κ2) is 5.08. The van der Waals surface area contributed by atoms with Gasteiger partial charge in [0.2, 0.25) is 0 Å². The molecule has 4 rings (SSSR count).